The van der Waals surface area contributed by atoms with Crippen LogP contribution >= 0.6 is 0 Å². The molecule has 1 aromatic heterocycles. The highest BCUT2D eigenvalue weighted by molar-refractivity contribution is 5.89. The zero-order chi connectivity index (χ0) is 20.0. The van der Waals surface area contributed by atoms with E-state index < -0.39 is 0 Å². The largest absolute Gasteiger partial charge is 0.491 e. The molecular formula is C22H30N2O3. The normalized spacial score (nSPS) is 11.4. The smallest absolute Gasteiger partial charge is 0.258 e. The number of hydrogen-bond donors (Lipinski definition) is 1. The third-order valence-corrected chi connectivity index (χ3v) is 4.19. The molecule has 0 spiro atoms. The van der Waals surface area contributed by atoms with Gasteiger partial charge in [0.1, 0.15) is 18.1 Å². The first kappa shape index (κ1) is 20.9. The van der Waals surface area contributed by atoms with E-state index in [2.05, 4.69) is 33.6 Å². The van der Waals surface area contributed by atoms with Gasteiger partial charge in [0, 0.05) is 18.5 Å². The summed E-state index contributed by atoms with van der Waals surface area (Å²) in [6, 6.07) is 5.35. The Labute approximate surface area is 161 Å². The fraction of sp³-hybridized carbons (Fsp3) is 0.500. The van der Waals surface area contributed by atoms with Crippen LogP contribution in [0.25, 0.3) is 10.8 Å². The Hall–Kier alpha value is -2.45. The van der Waals surface area contributed by atoms with Crippen LogP contribution in [0.15, 0.2) is 23.0 Å². The average Bonchev–Trinajstić information content (AvgIpc) is 2.62. The van der Waals surface area contributed by atoms with Crippen molar-refractivity contribution in [1.82, 2.24) is 4.57 Å². The fourth-order valence-corrected chi connectivity index (χ4v) is 2.98. The van der Waals surface area contributed by atoms with Gasteiger partial charge in [0.05, 0.1) is 17.7 Å². The lowest BCUT2D eigenvalue weighted by Crippen LogP contribution is -2.31. The molecule has 0 saturated heterocycles. The van der Waals surface area contributed by atoms with E-state index in [1.165, 1.54) is 0 Å². The third-order valence-electron chi connectivity index (χ3n) is 4.19. The van der Waals surface area contributed by atoms with Gasteiger partial charge in [-0.1, -0.05) is 40.0 Å². The minimum Gasteiger partial charge on any atom is -0.491 e. The minimum absolute atomic E-state index is 0.0632. The molecule has 0 aliphatic carbocycles. The Bertz CT molecular complexity index is 886. The van der Waals surface area contributed by atoms with Gasteiger partial charge in [0.15, 0.2) is 0 Å². The molecule has 1 aromatic carbocycles. The van der Waals surface area contributed by atoms with Crippen LogP contribution in [0.3, 0.4) is 0 Å². The van der Waals surface area contributed by atoms with Crippen molar-refractivity contribution in [1.29, 1.82) is 0 Å². The average molecular weight is 370 g/mol. The lowest BCUT2D eigenvalue weighted by molar-refractivity contribution is 0.295. The number of hydrogen-bond acceptors (Lipinski definition) is 4. The molecule has 0 radical (unpaired) electrons. The van der Waals surface area contributed by atoms with Crippen molar-refractivity contribution in [2.75, 3.05) is 13.2 Å². The summed E-state index contributed by atoms with van der Waals surface area (Å²) < 4.78 is 13.4. The number of ether oxygens (including phenoxy) is 2. The Morgan fingerprint density at radius 2 is 1.96 bits per heavy atom. The van der Waals surface area contributed by atoms with Crippen LogP contribution in [-0.4, -0.2) is 17.8 Å². The van der Waals surface area contributed by atoms with Gasteiger partial charge in [-0.2, -0.15) is 0 Å². The maximum absolute atomic E-state index is 13.2. The van der Waals surface area contributed by atoms with Crippen molar-refractivity contribution in [2.24, 2.45) is 11.1 Å². The summed E-state index contributed by atoms with van der Waals surface area (Å²) in [7, 11) is 0. The second-order valence-electron chi connectivity index (χ2n) is 7.83. The number of rotatable bonds is 8. The van der Waals surface area contributed by atoms with Crippen LogP contribution < -0.4 is 20.8 Å². The maximum atomic E-state index is 13.2. The number of unbranched alkanes of at least 4 members (excludes halogenated alkanes) is 1. The zero-order valence-electron chi connectivity index (χ0n) is 16.8. The van der Waals surface area contributed by atoms with E-state index in [0.29, 0.717) is 35.7 Å². The van der Waals surface area contributed by atoms with Crippen molar-refractivity contribution in [3.05, 3.63) is 34.2 Å². The molecule has 0 fully saturated rings. The molecule has 2 N–H and O–H groups in total. The van der Waals surface area contributed by atoms with Crippen LogP contribution in [0.2, 0.25) is 0 Å². The van der Waals surface area contributed by atoms with E-state index in [0.717, 1.165) is 18.2 Å². The third kappa shape index (κ3) is 5.05. The van der Waals surface area contributed by atoms with Crippen molar-refractivity contribution < 1.29 is 9.47 Å². The number of nitrogens with two attached hydrogens (primary N) is 1. The number of terminal acetylenes is 1. The first-order valence-corrected chi connectivity index (χ1v) is 9.41. The molecule has 0 bridgehead atoms. The van der Waals surface area contributed by atoms with Gasteiger partial charge in [-0.25, -0.2) is 0 Å². The fourth-order valence-electron chi connectivity index (χ4n) is 2.98. The number of benzene rings is 1. The quantitative estimate of drug-likeness (QED) is 0.568. The summed E-state index contributed by atoms with van der Waals surface area (Å²) in [5.41, 5.74) is 6.64. The lowest BCUT2D eigenvalue weighted by Gasteiger charge is -2.25. The van der Waals surface area contributed by atoms with Gasteiger partial charge in [0.25, 0.3) is 5.56 Å². The topological polar surface area (TPSA) is 66.5 Å². The predicted molar refractivity (Wildman–Crippen MR) is 110 cm³/mol. The van der Waals surface area contributed by atoms with Gasteiger partial charge in [-0.15, -0.1) is 6.42 Å². The van der Waals surface area contributed by atoms with E-state index in [1.807, 2.05) is 6.07 Å². The maximum Gasteiger partial charge on any atom is 0.258 e. The highest BCUT2D eigenvalue weighted by Crippen LogP contribution is 2.32. The Morgan fingerprint density at radius 1 is 1.22 bits per heavy atom. The Balaban J connectivity index is 2.71. The van der Waals surface area contributed by atoms with Crippen LogP contribution in [-0.2, 0) is 13.1 Å². The molecule has 0 atom stereocenters. The predicted octanol–water partition coefficient (Wildman–Crippen LogP) is 3.70. The molecule has 1 heterocycles. The Morgan fingerprint density at radius 3 is 2.56 bits per heavy atom. The van der Waals surface area contributed by atoms with Crippen molar-refractivity contribution in [3.8, 4) is 23.8 Å². The number of nitrogens with zero attached hydrogens (tertiary/aromatic N) is 1. The molecule has 0 aliphatic heterocycles. The van der Waals surface area contributed by atoms with Crippen LogP contribution in [0, 0.1) is 17.8 Å². The summed E-state index contributed by atoms with van der Waals surface area (Å²) in [5, 5.41) is 1.31. The summed E-state index contributed by atoms with van der Waals surface area (Å²) in [4.78, 5) is 13.2. The van der Waals surface area contributed by atoms with E-state index in [9.17, 15) is 4.79 Å². The van der Waals surface area contributed by atoms with E-state index in [4.69, 9.17) is 21.6 Å². The van der Waals surface area contributed by atoms with Gasteiger partial charge in [-0.3, -0.25) is 4.79 Å². The van der Waals surface area contributed by atoms with E-state index >= 15 is 0 Å². The molecule has 0 aliphatic rings. The van der Waals surface area contributed by atoms with Gasteiger partial charge >= 0.3 is 0 Å². The molecular weight excluding hydrogens is 340 g/mol. The van der Waals surface area contributed by atoms with Gasteiger partial charge in [-0.05, 0) is 30.0 Å². The molecule has 146 valence electrons. The lowest BCUT2D eigenvalue weighted by atomic mass is 9.96. The molecule has 0 saturated carbocycles. The molecule has 5 heteroatoms. The minimum atomic E-state index is -0.0715. The molecule has 27 heavy (non-hydrogen) atoms. The first-order valence-electron chi connectivity index (χ1n) is 9.41. The Kier molecular flexibility index (Phi) is 6.92. The molecule has 0 unspecified atom stereocenters. The van der Waals surface area contributed by atoms with Crippen LogP contribution in [0.5, 0.6) is 11.5 Å². The van der Waals surface area contributed by atoms with Crippen molar-refractivity contribution in [2.45, 2.75) is 53.6 Å². The monoisotopic (exact) mass is 370 g/mol. The van der Waals surface area contributed by atoms with Crippen molar-refractivity contribution in [3.63, 3.8) is 0 Å². The number of aromatic nitrogens is 1. The number of fused-ring (bicyclic) bond motifs is 1. The van der Waals surface area contributed by atoms with Crippen LogP contribution in [0.1, 0.15) is 46.2 Å². The van der Waals surface area contributed by atoms with Crippen molar-refractivity contribution >= 4 is 10.8 Å². The molecule has 0 amide bonds. The van der Waals surface area contributed by atoms with Gasteiger partial charge in [0.2, 0.25) is 0 Å². The summed E-state index contributed by atoms with van der Waals surface area (Å²) in [6.07, 6.45) is 7.23. The second-order valence-corrected chi connectivity index (χ2v) is 7.83. The molecule has 2 aromatic rings. The second kappa shape index (κ2) is 8.96. The highest BCUT2D eigenvalue weighted by Gasteiger charge is 2.21. The summed E-state index contributed by atoms with van der Waals surface area (Å²) in [5.74, 6) is 3.72. The van der Waals surface area contributed by atoms with Crippen LogP contribution in [0.4, 0.5) is 0 Å². The van der Waals surface area contributed by atoms with E-state index in [1.54, 1.807) is 16.7 Å². The molecule has 2 rings (SSSR count). The molecule has 5 nitrogen and oxygen atoms in total. The highest BCUT2D eigenvalue weighted by atomic mass is 16.5. The van der Waals surface area contributed by atoms with E-state index in [-0.39, 0.29) is 24.1 Å². The van der Waals surface area contributed by atoms with Gasteiger partial charge < -0.3 is 19.8 Å². The first-order chi connectivity index (χ1) is 12.8. The zero-order valence-corrected chi connectivity index (χ0v) is 16.8. The standard InChI is InChI=1S/C22H30N2O3/c1-6-8-12-27-20-18-13-16(26-11-7-2)9-10-17(18)21(25)24(19(20)14-23)15-22(3,4)5/h2,9-10,13H,6,8,11-12,14-15,23H2,1,3-5H3. The summed E-state index contributed by atoms with van der Waals surface area (Å²) >= 11 is 0. The number of pyridine rings is 1. The summed E-state index contributed by atoms with van der Waals surface area (Å²) in [6.45, 7) is 9.92. The SMILES string of the molecule is C#CCOc1ccc2c(=O)n(CC(C)(C)C)c(CN)c(OCCCC)c2c1.